The summed E-state index contributed by atoms with van der Waals surface area (Å²) in [4.78, 5) is 41.6. The lowest BCUT2D eigenvalue weighted by Gasteiger charge is -2.34. The first-order valence-electron chi connectivity index (χ1n) is 10.1. The average molecular weight is 421 g/mol. The monoisotopic (exact) mass is 421 g/mol. The van der Waals surface area contributed by atoms with Crippen LogP contribution in [0.4, 0.5) is 5.95 Å². The Morgan fingerprint density at radius 1 is 1.00 bits per heavy atom. The van der Waals surface area contributed by atoms with Gasteiger partial charge in [-0.2, -0.15) is 5.10 Å². The zero-order valence-electron chi connectivity index (χ0n) is 17.2. The molecule has 4 heterocycles. The highest BCUT2D eigenvalue weighted by Crippen LogP contribution is 2.16. The Bertz CT molecular complexity index is 1030. The number of hydrogen-bond donors (Lipinski definition) is 0. The van der Waals surface area contributed by atoms with Gasteiger partial charge in [-0.1, -0.05) is 13.0 Å². The molecule has 1 aliphatic rings. The summed E-state index contributed by atoms with van der Waals surface area (Å²) in [5, 5.41) is 4.27. The highest BCUT2D eigenvalue weighted by Gasteiger charge is 2.25. The van der Waals surface area contributed by atoms with E-state index in [1.807, 2.05) is 30.0 Å². The second kappa shape index (κ2) is 9.33. The molecule has 1 aliphatic heterocycles. The van der Waals surface area contributed by atoms with Crippen LogP contribution in [0.2, 0.25) is 0 Å². The maximum absolute atomic E-state index is 12.6. The molecule has 0 aliphatic carbocycles. The number of pyridine rings is 1. The molecule has 0 bridgehead atoms. The van der Waals surface area contributed by atoms with E-state index in [4.69, 9.17) is 4.74 Å². The SMILES string of the molecule is CCc1c(C(=O)OCC(=O)N2CCN(c3ncccn3)CC2)cnn1-c1ccccn1. The highest BCUT2D eigenvalue weighted by molar-refractivity contribution is 5.92. The fourth-order valence-electron chi connectivity index (χ4n) is 3.47. The molecule has 4 rings (SSSR count). The lowest BCUT2D eigenvalue weighted by Crippen LogP contribution is -2.50. The van der Waals surface area contributed by atoms with Crippen LogP contribution >= 0.6 is 0 Å². The first-order chi connectivity index (χ1) is 15.2. The Kier molecular flexibility index (Phi) is 6.16. The van der Waals surface area contributed by atoms with E-state index in [-0.39, 0.29) is 12.5 Å². The fraction of sp³-hybridized carbons (Fsp3) is 0.333. The van der Waals surface area contributed by atoms with Gasteiger partial charge in [-0.3, -0.25) is 4.79 Å². The van der Waals surface area contributed by atoms with Crippen LogP contribution in [0, 0.1) is 0 Å². The van der Waals surface area contributed by atoms with Gasteiger partial charge in [-0.15, -0.1) is 0 Å². The Hall–Kier alpha value is -3.82. The predicted molar refractivity (Wildman–Crippen MR) is 112 cm³/mol. The Balaban J connectivity index is 1.33. The fourth-order valence-corrected chi connectivity index (χ4v) is 3.47. The first kappa shape index (κ1) is 20.5. The van der Waals surface area contributed by atoms with Crippen molar-refractivity contribution >= 4 is 17.8 Å². The van der Waals surface area contributed by atoms with Crippen LogP contribution in [0.25, 0.3) is 5.82 Å². The molecule has 0 N–H and O–H groups in total. The minimum Gasteiger partial charge on any atom is -0.452 e. The molecule has 0 aromatic carbocycles. The van der Waals surface area contributed by atoms with E-state index in [9.17, 15) is 9.59 Å². The van der Waals surface area contributed by atoms with Gasteiger partial charge in [0.2, 0.25) is 5.95 Å². The van der Waals surface area contributed by atoms with Gasteiger partial charge in [-0.05, 0) is 24.6 Å². The van der Waals surface area contributed by atoms with Crippen LogP contribution in [-0.4, -0.2) is 74.3 Å². The van der Waals surface area contributed by atoms with Gasteiger partial charge in [-0.25, -0.2) is 24.4 Å². The Morgan fingerprint density at radius 2 is 1.74 bits per heavy atom. The summed E-state index contributed by atoms with van der Waals surface area (Å²) in [6, 6.07) is 7.24. The second-order valence-electron chi connectivity index (χ2n) is 6.95. The molecule has 10 heteroatoms. The van der Waals surface area contributed by atoms with Crippen LogP contribution in [0.5, 0.6) is 0 Å². The maximum Gasteiger partial charge on any atom is 0.342 e. The number of carbonyl (C=O) groups excluding carboxylic acids is 2. The lowest BCUT2D eigenvalue weighted by atomic mass is 10.2. The number of esters is 1. The van der Waals surface area contributed by atoms with E-state index in [0.717, 1.165) is 0 Å². The Labute approximate surface area is 179 Å². The second-order valence-corrected chi connectivity index (χ2v) is 6.95. The molecule has 10 nitrogen and oxygen atoms in total. The number of ether oxygens (including phenoxy) is 1. The number of aromatic nitrogens is 5. The molecule has 0 unspecified atom stereocenters. The normalized spacial score (nSPS) is 13.8. The number of amides is 1. The third-order valence-corrected chi connectivity index (χ3v) is 5.08. The molecule has 160 valence electrons. The zero-order chi connectivity index (χ0) is 21.6. The predicted octanol–water partition coefficient (Wildman–Crippen LogP) is 1.13. The molecule has 0 atom stereocenters. The van der Waals surface area contributed by atoms with Crippen LogP contribution in [0.1, 0.15) is 23.0 Å². The summed E-state index contributed by atoms with van der Waals surface area (Å²) < 4.78 is 6.92. The van der Waals surface area contributed by atoms with Crippen molar-refractivity contribution < 1.29 is 14.3 Å². The summed E-state index contributed by atoms with van der Waals surface area (Å²) >= 11 is 0. The molecule has 0 radical (unpaired) electrons. The van der Waals surface area contributed by atoms with Crippen molar-refractivity contribution in [2.45, 2.75) is 13.3 Å². The van der Waals surface area contributed by atoms with E-state index >= 15 is 0 Å². The molecule has 1 fully saturated rings. The molecule has 1 saturated heterocycles. The van der Waals surface area contributed by atoms with Crippen LogP contribution < -0.4 is 4.90 Å². The van der Waals surface area contributed by atoms with Gasteiger partial charge in [0.25, 0.3) is 5.91 Å². The molecule has 0 spiro atoms. The molecular weight excluding hydrogens is 398 g/mol. The standard InChI is InChI=1S/C21H23N7O3/c1-2-17-16(14-25-28(17)18-6-3-4-7-22-18)20(30)31-15-19(29)26-10-12-27(13-11-26)21-23-8-5-9-24-21/h3-9,14H,2,10-13,15H2,1H3. The largest absolute Gasteiger partial charge is 0.452 e. The third-order valence-electron chi connectivity index (χ3n) is 5.08. The van der Waals surface area contributed by atoms with Crippen molar-refractivity contribution in [3.05, 3.63) is 60.3 Å². The number of piperazine rings is 1. The van der Waals surface area contributed by atoms with Crippen molar-refractivity contribution in [3.8, 4) is 5.82 Å². The highest BCUT2D eigenvalue weighted by atomic mass is 16.5. The zero-order valence-corrected chi connectivity index (χ0v) is 17.2. The van der Waals surface area contributed by atoms with Gasteiger partial charge in [0.15, 0.2) is 12.4 Å². The van der Waals surface area contributed by atoms with Gasteiger partial charge >= 0.3 is 5.97 Å². The summed E-state index contributed by atoms with van der Waals surface area (Å²) in [5.74, 6) is 0.480. The van der Waals surface area contributed by atoms with Crippen molar-refractivity contribution in [1.82, 2.24) is 29.6 Å². The van der Waals surface area contributed by atoms with E-state index in [2.05, 4.69) is 20.1 Å². The van der Waals surface area contributed by atoms with E-state index in [1.165, 1.54) is 6.20 Å². The molecule has 31 heavy (non-hydrogen) atoms. The van der Waals surface area contributed by atoms with Crippen LogP contribution in [-0.2, 0) is 16.0 Å². The number of hydrogen-bond acceptors (Lipinski definition) is 8. The summed E-state index contributed by atoms with van der Waals surface area (Å²) in [6.07, 6.45) is 7.08. The molecule has 3 aromatic heterocycles. The number of rotatable bonds is 6. The number of nitrogens with zero attached hydrogens (tertiary/aromatic N) is 7. The lowest BCUT2D eigenvalue weighted by molar-refractivity contribution is -0.134. The van der Waals surface area contributed by atoms with Crippen molar-refractivity contribution in [1.29, 1.82) is 0 Å². The van der Waals surface area contributed by atoms with Gasteiger partial charge < -0.3 is 14.5 Å². The molecule has 3 aromatic rings. The number of carbonyl (C=O) groups is 2. The smallest absolute Gasteiger partial charge is 0.342 e. The van der Waals surface area contributed by atoms with Gasteiger partial charge in [0.1, 0.15) is 5.56 Å². The minimum absolute atomic E-state index is 0.225. The average Bonchev–Trinajstić information content (AvgIpc) is 3.28. The van der Waals surface area contributed by atoms with Gasteiger partial charge in [0.05, 0.1) is 11.9 Å². The van der Waals surface area contributed by atoms with Gasteiger partial charge in [0, 0.05) is 44.8 Å². The summed E-state index contributed by atoms with van der Waals surface area (Å²) in [6.45, 7) is 3.91. The quantitative estimate of drug-likeness (QED) is 0.545. The maximum atomic E-state index is 12.6. The van der Waals surface area contributed by atoms with E-state index in [1.54, 1.807) is 34.2 Å². The van der Waals surface area contributed by atoms with Crippen LogP contribution in [0.15, 0.2) is 49.1 Å². The minimum atomic E-state index is -0.566. The van der Waals surface area contributed by atoms with E-state index in [0.29, 0.717) is 55.6 Å². The number of anilines is 1. The van der Waals surface area contributed by atoms with Crippen molar-refractivity contribution in [2.24, 2.45) is 0 Å². The summed E-state index contributed by atoms with van der Waals surface area (Å²) in [5.41, 5.74) is 1.03. The molecule has 0 saturated carbocycles. The van der Waals surface area contributed by atoms with E-state index < -0.39 is 5.97 Å². The first-order valence-corrected chi connectivity index (χ1v) is 10.1. The Morgan fingerprint density at radius 3 is 2.42 bits per heavy atom. The summed E-state index contributed by atoms with van der Waals surface area (Å²) in [7, 11) is 0. The van der Waals surface area contributed by atoms with Crippen molar-refractivity contribution in [2.75, 3.05) is 37.7 Å². The molecule has 1 amide bonds. The topological polar surface area (TPSA) is 106 Å². The molecular formula is C21H23N7O3. The van der Waals surface area contributed by atoms with Crippen molar-refractivity contribution in [3.63, 3.8) is 0 Å². The van der Waals surface area contributed by atoms with Crippen LogP contribution in [0.3, 0.4) is 0 Å². The third kappa shape index (κ3) is 4.52.